The zero-order valence-electron chi connectivity index (χ0n) is 15.2. The van der Waals surface area contributed by atoms with Crippen LogP contribution < -0.4 is 9.46 Å². The van der Waals surface area contributed by atoms with Crippen molar-refractivity contribution in [2.24, 2.45) is 0 Å². The minimum atomic E-state index is -3.73. The number of hydrogen-bond acceptors (Lipinski definition) is 5. The van der Waals surface area contributed by atoms with E-state index in [2.05, 4.69) is 4.72 Å². The summed E-state index contributed by atoms with van der Waals surface area (Å²) < 4.78 is 56.2. The number of benzene rings is 2. The molecule has 2 aromatic rings. The summed E-state index contributed by atoms with van der Waals surface area (Å²) in [7, 11) is -5.47. The van der Waals surface area contributed by atoms with Gasteiger partial charge in [0.25, 0.3) is 0 Å². The second kappa shape index (κ2) is 7.77. The second-order valence-corrected chi connectivity index (χ2v) is 9.74. The molecule has 6 nitrogen and oxygen atoms in total. The van der Waals surface area contributed by atoms with Crippen molar-refractivity contribution in [3.63, 3.8) is 0 Å². The van der Waals surface area contributed by atoms with Crippen LogP contribution in [0.2, 0.25) is 0 Å². The van der Waals surface area contributed by atoms with Crippen LogP contribution in [0.5, 0.6) is 5.75 Å². The summed E-state index contributed by atoms with van der Waals surface area (Å²) >= 11 is 0. The lowest BCUT2D eigenvalue weighted by molar-refractivity contribution is 0.409. The number of methoxy groups -OCH3 is 1. The molecule has 0 saturated heterocycles. The normalized spacial score (nSPS) is 13.4. The molecule has 0 aliphatic heterocycles. The number of sulfonamides is 1. The first kappa shape index (κ1) is 20.4. The Morgan fingerprint density at radius 2 is 1.58 bits per heavy atom. The van der Waals surface area contributed by atoms with Gasteiger partial charge in [0.1, 0.15) is 5.75 Å². The fraction of sp³-hybridized carbons (Fsp3) is 0.333. The maximum atomic E-state index is 12.7. The smallest absolute Gasteiger partial charge is 0.241 e. The lowest BCUT2D eigenvalue weighted by Crippen LogP contribution is -2.27. The van der Waals surface area contributed by atoms with E-state index in [9.17, 15) is 16.8 Å². The van der Waals surface area contributed by atoms with Gasteiger partial charge in [0.15, 0.2) is 9.84 Å². The lowest BCUT2D eigenvalue weighted by atomic mass is 10.1. The molecule has 0 spiro atoms. The van der Waals surface area contributed by atoms with E-state index >= 15 is 0 Å². The summed E-state index contributed by atoms with van der Waals surface area (Å²) in [5.74, 6) is 0.649. The van der Waals surface area contributed by atoms with Crippen LogP contribution in [0.1, 0.15) is 31.0 Å². The van der Waals surface area contributed by atoms with Gasteiger partial charge in [0, 0.05) is 12.3 Å². The van der Waals surface area contributed by atoms with E-state index in [-0.39, 0.29) is 9.79 Å². The second-order valence-electron chi connectivity index (χ2n) is 6.01. The number of hydrogen-bond donors (Lipinski definition) is 1. The van der Waals surface area contributed by atoms with E-state index < -0.39 is 25.9 Å². The molecule has 0 aliphatic carbocycles. The Kier molecular flexibility index (Phi) is 6.10. The molecule has 8 heteroatoms. The molecule has 0 aliphatic rings. The average molecular weight is 398 g/mol. The van der Waals surface area contributed by atoms with Gasteiger partial charge >= 0.3 is 0 Å². The molecule has 0 aromatic heterocycles. The monoisotopic (exact) mass is 397 g/mol. The highest BCUT2D eigenvalue weighted by Gasteiger charge is 2.20. The van der Waals surface area contributed by atoms with Crippen LogP contribution in [-0.4, -0.2) is 30.2 Å². The Morgan fingerprint density at radius 1 is 1.00 bits per heavy atom. The van der Waals surface area contributed by atoms with Crippen LogP contribution in [0, 0.1) is 0 Å². The molecule has 26 heavy (non-hydrogen) atoms. The topological polar surface area (TPSA) is 89.5 Å². The number of sulfone groups is 1. The van der Waals surface area contributed by atoms with Crippen LogP contribution >= 0.6 is 0 Å². The summed E-state index contributed by atoms with van der Waals surface area (Å²) in [5.41, 5.74) is 1.48. The van der Waals surface area contributed by atoms with Gasteiger partial charge in [-0.05, 0) is 54.8 Å². The summed E-state index contributed by atoms with van der Waals surface area (Å²) in [5, 5.41) is 0. The molecule has 0 unspecified atom stereocenters. The molecule has 142 valence electrons. The quantitative estimate of drug-likeness (QED) is 0.776. The predicted molar refractivity (Wildman–Crippen MR) is 101 cm³/mol. The van der Waals surface area contributed by atoms with Gasteiger partial charge in [0.05, 0.1) is 16.9 Å². The zero-order valence-corrected chi connectivity index (χ0v) is 16.8. The first-order valence-corrected chi connectivity index (χ1v) is 11.4. The molecule has 0 heterocycles. The number of aryl methyl sites for hydroxylation is 1. The third kappa shape index (κ3) is 4.63. The summed E-state index contributed by atoms with van der Waals surface area (Å²) in [4.78, 5) is 0.355. The third-order valence-corrected chi connectivity index (χ3v) is 6.75. The number of nitrogens with one attached hydrogen (secondary N) is 1. The number of rotatable bonds is 7. The third-order valence-electron chi connectivity index (χ3n) is 4.08. The molecule has 2 rings (SSSR count). The van der Waals surface area contributed by atoms with E-state index in [1.807, 2.05) is 6.92 Å². The fourth-order valence-electron chi connectivity index (χ4n) is 2.57. The Balaban J connectivity index is 2.26. The average Bonchev–Trinajstić information content (AvgIpc) is 2.60. The van der Waals surface area contributed by atoms with Gasteiger partial charge in [-0.1, -0.05) is 19.1 Å². The number of ether oxygens (including phenoxy) is 1. The van der Waals surface area contributed by atoms with Crippen LogP contribution in [0.25, 0.3) is 0 Å². The Bertz CT molecular complexity index is 981. The highest BCUT2D eigenvalue weighted by molar-refractivity contribution is 7.90. The van der Waals surface area contributed by atoms with Crippen molar-refractivity contribution in [3.8, 4) is 5.75 Å². The highest BCUT2D eigenvalue weighted by Crippen LogP contribution is 2.24. The van der Waals surface area contributed by atoms with Gasteiger partial charge in [0.2, 0.25) is 10.0 Å². The van der Waals surface area contributed by atoms with Crippen LogP contribution in [0.3, 0.4) is 0 Å². The van der Waals surface area contributed by atoms with Crippen molar-refractivity contribution in [1.82, 2.24) is 4.72 Å². The maximum Gasteiger partial charge on any atom is 0.241 e. The van der Waals surface area contributed by atoms with E-state index in [0.717, 1.165) is 11.8 Å². The lowest BCUT2D eigenvalue weighted by Gasteiger charge is -2.16. The predicted octanol–water partition coefficient (Wildman–Crippen LogP) is 2.70. The van der Waals surface area contributed by atoms with Gasteiger partial charge in [-0.25, -0.2) is 21.6 Å². The maximum absolute atomic E-state index is 12.7. The van der Waals surface area contributed by atoms with Gasteiger partial charge < -0.3 is 4.74 Å². The fourth-order valence-corrected chi connectivity index (χ4v) is 4.48. The van der Waals surface area contributed by atoms with E-state index in [1.165, 1.54) is 18.2 Å². The van der Waals surface area contributed by atoms with Gasteiger partial charge in [-0.3, -0.25) is 0 Å². The first-order chi connectivity index (χ1) is 12.1. The molecular weight excluding hydrogens is 374 g/mol. The molecule has 0 saturated carbocycles. The first-order valence-electron chi connectivity index (χ1n) is 8.07. The Labute approximate surface area is 155 Å². The summed E-state index contributed by atoms with van der Waals surface area (Å²) in [6, 6.07) is 10.4. The van der Waals surface area contributed by atoms with Crippen molar-refractivity contribution in [2.45, 2.75) is 36.1 Å². The minimum Gasteiger partial charge on any atom is -0.496 e. The summed E-state index contributed by atoms with van der Waals surface area (Å²) in [6.45, 7) is 3.63. The molecule has 0 bridgehead atoms. The highest BCUT2D eigenvalue weighted by atomic mass is 32.2. The summed E-state index contributed by atoms with van der Waals surface area (Å²) in [6.07, 6.45) is 1.78. The van der Waals surface area contributed by atoms with Crippen LogP contribution in [0.15, 0.2) is 52.3 Å². The zero-order chi connectivity index (χ0) is 19.5. The van der Waals surface area contributed by atoms with Crippen LogP contribution in [-0.2, 0) is 26.3 Å². The van der Waals surface area contributed by atoms with Crippen molar-refractivity contribution >= 4 is 19.9 Å². The van der Waals surface area contributed by atoms with E-state index in [4.69, 9.17) is 4.74 Å². The SMILES string of the molecule is CCc1cc(S(=O)(=O)N[C@H](C)c2ccc(S(C)(=O)=O)cc2)ccc1OC. The Hall–Kier alpha value is -1.90. The molecular formula is C18H23NO5S2. The van der Waals surface area contributed by atoms with Gasteiger partial charge in [-0.2, -0.15) is 0 Å². The van der Waals surface area contributed by atoms with Crippen molar-refractivity contribution in [1.29, 1.82) is 0 Å². The largest absolute Gasteiger partial charge is 0.496 e. The standard InChI is InChI=1S/C18H23NO5S2/c1-5-14-12-17(10-11-18(14)24-3)26(22,23)19-13(2)15-6-8-16(9-7-15)25(4,20)21/h6-13,19H,5H2,1-4H3/t13-/m1/s1. The molecule has 0 radical (unpaired) electrons. The van der Waals surface area contributed by atoms with Crippen molar-refractivity contribution < 1.29 is 21.6 Å². The molecule has 1 N–H and O–H groups in total. The van der Waals surface area contributed by atoms with Gasteiger partial charge in [-0.15, -0.1) is 0 Å². The van der Waals surface area contributed by atoms with E-state index in [0.29, 0.717) is 17.7 Å². The van der Waals surface area contributed by atoms with Crippen LogP contribution in [0.4, 0.5) is 0 Å². The molecule has 0 amide bonds. The molecule has 1 atom stereocenters. The van der Waals surface area contributed by atoms with Crippen molar-refractivity contribution in [3.05, 3.63) is 53.6 Å². The van der Waals surface area contributed by atoms with E-state index in [1.54, 1.807) is 38.3 Å². The molecule has 0 fully saturated rings. The minimum absolute atomic E-state index is 0.162. The molecule has 2 aromatic carbocycles. The van der Waals surface area contributed by atoms with Crippen molar-refractivity contribution in [2.75, 3.05) is 13.4 Å². The Morgan fingerprint density at radius 3 is 2.08 bits per heavy atom.